The Morgan fingerprint density at radius 2 is 1.65 bits per heavy atom. The molecule has 0 atom stereocenters. The molecule has 0 saturated carbocycles. The van der Waals surface area contributed by atoms with Crippen LogP contribution in [0.15, 0.2) is 29.2 Å². The molecule has 1 aromatic carbocycles. The first-order chi connectivity index (χ1) is 11.0. The first-order valence-electron chi connectivity index (χ1n) is 7.99. The van der Waals surface area contributed by atoms with E-state index in [2.05, 4.69) is 11.6 Å². The Hall–Kier alpha value is -1.15. The molecule has 6 nitrogen and oxygen atoms in total. The maximum atomic E-state index is 12.3. The van der Waals surface area contributed by atoms with E-state index < -0.39 is 16.3 Å². The van der Waals surface area contributed by atoms with Crippen LogP contribution in [0.4, 0.5) is 0 Å². The van der Waals surface area contributed by atoms with E-state index in [-0.39, 0.29) is 11.4 Å². The third-order valence-electron chi connectivity index (χ3n) is 3.05. The van der Waals surface area contributed by atoms with Gasteiger partial charge in [-0.15, -0.1) is 0 Å². The zero-order chi connectivity index (χ0) is 17.1. The van der Waals surface area contributed by atoms with Gasteiger partial charge >= 0.3 is 0 Å². The molecule has 23 heavy (non-hydrogen) atoms. The molecule has 0 aliphatic heterocycles. The van der Waals surface area contributed by atoms with Crippen LogP contribution in [0.5, 0.6) is 5.75 Å². The maximum Gasteiger partial charge on any atom is 0.240 e. The predicted molar refractivity (Wildman–Crippen MR) is 89.1 cm³/mol. The number of ether oxygens (including phenoxy) is 3. The minimum atomic E-state index is -3.60. The predicted octanol–water partition coefficient (Wildman–Crippen LogP) is 2.54. The Labute approximate surface area is 139 Å². The molecule has 1 rings (SSSR count). The van der Waals surface area contributed by atoms with Gasteiger partial charge in [-0.1, -0.05) is 13.3 Å². The Morgan fingerprint density at radius 3 is 2.17 bits per heavy atom. The fourth-order valence-electron chi connectivity index (χ4n) is 1.85. The minimum Gasteiger partial charge on any atom is -0.494 e. The molecular formula is C16H27NO5S. The lowest BCUT2D eigenvalue weighted by molar-refractivity contribution is -0.130. The molecule has 1 N–H and O–H groups in total. The molecule has 0 unspecified atom stereocenters. The number of hydrogen-bond acceptors (Lipinski definition) is 5. The van der Waals surface area contributed by atoms with E-state index in [9.17, 15) is 8.42 Å². The Kier molecular flexibility index (Phi) is 9.16. The topological polar surface area (TPSA) is 73.9 Å². The molecule has 0 spiro atoms. The summed E-state index contributed by atoms with van der Waals surface area (Å²) in [5, 5.41) is 0. The summed E-state index contributed by atoms with van der Waals surface area (Å²) >= 11 is 0. The highest BCUT2D eigenvalue weighted by Crippen LogP contribution is 2.16. The van der Waals surface area contributed by atoms with Gasteiger partial charge in [0.25, 0.3) is 0 Å². The van der Waals surface area contributed by atoms with Crippen LogP contribution in [0.2, 0.25) is 0 Å². The van der Waals surface area contributed by atoms with Gasteiger partial charge in [0.2, 0.25) is 10.0 Å². The van der Waals surface area contributed by atoms with Crippen LogP contribution in [-0.2, 0) is 19.5 Å². The van der Waals surface area contributed by atoms with Crippen molar-refractivity contribution in [2.24, 2.45) is 0 Å². The number of sulfonamides is 1. The second-order valence-electron chi connectivity index (χ2n) is 4.87. The van der Waals surface area contributed by atoms with Crippen LogP contribution in [0, 0.1) is 0 Å². The molecule has 7 heteroatoms. The van der Waals surface area contributed by atoms with Gasteiger partial charge in [0.05, 0.1) is 18.0 Å². The summed E-state index contributed by atoms with van der Waals surface area (Å²) in [6, 6.07) is 6.37. The van der Waals surface area contributed by atoms with E-state index in [4.69, 9.17) is 14.2 Å². The fraction of sp³-hybridized carbons (Fsp3) is 0.625. The number of rotatable bonds is 12. The first-order valence-corrected chi connectivity index (χ1v) is 9.47. The largest absolute Gasteiger partial charge is 0.494 e. The number of unbranched alkanes of at least 4 members (excludes halogenated alkanes) is 1. The van der Waals surface area contributed by atoms with Crippen molar-refractivity contribution >= 4 is 10.0 Å². The highest BCUT2D eigenvalue weighted by molar-refractivity contribution is 7.89. The van der Waals surface area contributed by atoms with Crippen LogP contribution in [0.25, 0.3) is 0 Å². The lowest BCUT2D eigenvalue weighted by Crippen LogP contribution is -2.35. The molecular weight excluding hydrogens is 318 g/mol. The van der Waals surface area contributed by atoms with Crippen molar-refractivity contribution < 1.29 is 22.6 Å². The zero-order valence-corrected chi connectivity index (χ0v) is 14.9. The van der Waals surface area contributed by atoms with E-state index in [1.807, 2.05) is 13.8 Å². The van der Waals surface area contributed by atoms with Crippen molar-refractivity contribution in [3.8, 4) is 5.75 Å². The van der Waals surface area contributed by atoms with Crippen LogP contribution in [-0.4, -0.2) is 41.1 Å². The molecule has 0 bridgehead atoms. The summed E-state index contributed by atoms with van der Waals surface area (Å²) in [6.07, 6.45) is 1.44. The summed E-state index contributed by atoms with van der Waals surface area (Å²) in [5.74, 6) is 0.666. The number of hydrogen-bond donors (Lipinski definition) is 1. The van der Waals surface area contributed by atoms with Crippen molar-refractivity contribution in [3.05, 3.63) is 24.3 Å². The summed E-state index contributed by atoms with van der Waals surface area (Å²) < 4.78 is 43.2. The van der Waals surface area contributed by atoms with E-state index in [0.717, 1.165) is 12.8 Å². The number of nitrogens with one attached hydrogen (secondary N) is 1. The average molecular weight is 345 g/mol. The van der Waals surface area contributed by atoms with Gasteiger partial charge in [-0.2, -0.15) is 0 Å². The average Bonchev–Trinajstić information content (AvgIpc) is 2.54. The molecule has 0 amide bonds. The quantitative estimate of drug-likeness (QED) is 0.465. The van der Waals surface area contributed by atoms with Crippen molar-refractivity contribution in [1.82, 2.24) is 4.72 Å². The molecule has 0 fully saturated rings. The van der Waals surface area contributed by atoms with Crippen molar-refractivity contribution in [1.29, 1.82) is 0 Å². The molecule has 0 saturated heterocycles. The summed E-state index contributed by atoms with van der Waals surface area (Å²) in [7, 11) is -3.60. The van der Waals surface area contributed by atoms with Crippen LogP contribution in [0.3, 0.4) is 0 Å². The third kappa shape index (κ3) is 7.30. The first kappa shape index (κ1) is 19.9. The zero-order valence-electron chi connectivity index (χ0n) is 14.1. The Balaban J connectivity index is 2.61. The van der Waals surface area contributed by atoms with Crippen molar-refractivity contribution in [2.45, 2.75) is 44.8 Å². The van der Waals surface area contributed by atoms with Crippen molar-refractivity contribution in [2.75, 3.05) is 26.4 Å². The third-order valence-corrected chi connectivity index (χ3v) is 4.49. The van der Waals surface area contributed by atoms with Crippen LogP contribution < -0.4 is 9.46 Å². The second kappa shape index (κ2) is 10.6. The van der Waals surface area contributed by atoms with Crippen LogP contribution >= 0.6 is 0 Å². The van der Waals surface area contributed by atoms with Crippen molar-refractivity contribution in [3.63, 3.8) is 0 Å². The summed E-state index contributed by atoms with van der Waals surface area (Å²) in [6.45, 7) is 7.36. The molecule has 0 radical (unpaired) electrons. The van der Waals surface area contributed by atoms with Gasteiger partial charge in [-0.05, 0) is 44.5 Å². The Bertz CT molecular complexity index is 524. The van der Waals surface area contributed by atoms with Gasteiger partial charge in [0, 0.05) is 13.2 Å². The van der Waals surface area contributed by atoms with Gasteiger partial charge < -0.3 is 14.2 Å². The van der Waals surface area contributed by atoms with E-state index in [1.54, 1.807) is 12.1 Å². The molecule has 0 aliphatic carbocycles. The van der Waals surface area contributed by atoms with Crippen LogP contribution in [0.1, 0.15) is 33.6 Å². The minimum absolute atomic E-state index is 0.0682. The normalized spacial score (nSPS) is 11.8. The molecule has 132 valence electrons. The highest BCUT2D eigenvalue weighted by atomic mass is 32.2. The second-order valence-corrected chi connectivity index (χ2v) is 6.63. The molecule has 1 aromatic rings. The van der Waals surface area contributed by atoms with E-state index in [0.29, 0.717) is 25.6 Å². The van der Waals surface area contributed by atoms with E-state index in [1.165, 1.54) is 12.1 Å². The molecule has 0 aromatic heterocycles. The smallest absolute Gasteiger partial charge is 0.240 e. The summed E-state index contributed by atoms with van der Waals surface area (Å²) in [5.41, 5.74) is 0. The van der Waals surface area contributed by atoms with Gasteiger partial charge in [-0.3, -0.25) is 0 Å². The summed E-state index contributed by atoms with van der Waals surface area (Å²) in [4.78, 5) is 0.187. The Morgan fingerprint density at radius 1 is 1.04 bits per heavy atom. The highest BCUT2D eigenvalue weighted by Gasteiger charge is 2.17. The van der Waals surface area contributed by atoms with E-state index >= 15 is 0 Å². The number of benzene rings is 1. The standard InChI is InChI=1S/C16H27NO5S/c1-4-7-12-22-14-8-10-15(11-9-14)23(18,19)17-13-16(20-5-2)21-6-3/h8-11,16-17H,4-7,12-13H2,1-3H3. The van der Waals surface area contributed by atoms with Gasteiger partial charge in [0.15, 0.2) is 6.29 Å². The SMILES string of the molecule is CCCCOc1ccc(S(=O)(=O)NCC(OCC)OCC)cc1. The maximum absolute atomic E-state index is 12.3. The lowest BCUT2D eigenvalue weighted by atomic mass is 10.3. The monoisotopic (exact) mass is 345 g/mol. The lowest BCUT2D eigenvalue weighted by Gasteiger charge is -2.17. The molecule has 0 aliphatic rings. The van der Waals surface area contributed by atoms with Gasteiger partial charge in [-0.25, -0.2) is 13.1 Å². The molecule has 0 heterocycles. The van der Waals surface area contributed by atoms with Gasteiger partial charge in [0.1, 0.15) is 5.75 Å². The fourth-order valence-corrected chi connectivity index (χ4v) is 2.86.